The molecule has 1 heterocycles. The molecular formula is C11H10BrNO2S. The zero-order valence-corrected chi connectivity index (χ0v) is 10.9. The number of para-hydroxylation sites is 1. The maximum absolute atomic E-state index is 11.9. The lowest BCUT2D eigenvalue weighted by molar-refractivity contribution is -0.112. The molecule has 3 nitrogen and oxygen atoms in total. The van der Waals surface area contributed by atoms with Crippen molar-refractivity contribution in [1.29, 1.82) is 0 Å². The van der Waals surface area contributed by atoms with Crippen molar-refractivity contribution in [3.8, 4) is 0 Å². The molecule has 0 aliphatic carbocycles. The number of carbonyl (C=O) groups is 1. The molecular weight excluding hydrogens is 290 g/mol. The Morgan fingerprint density at radius 1 is 1.38 bits per heavy atom. The molecule has 16 heavy (non-hydrogen) atoms. The topological polar surface area (TPSA) is 46.5 Å². The Labute approximate surface area is 105 Å². The van der Waals surface area contributed by atoms with Crippen LogP contribution in [-0.4, -0.2) is 20.4 Å². The van der Waals surface area contributed by atoms with Gasteiger partial charge in [0.1, 0.15) is 10.8 Å². The molecule has 0 spiro atoms. The second-order valence-electron chi connectivity index (χ2n) is 3.37. The zero-order valence-electron chi connectivity index (χ0n) is 8.48. The van der Waals surface area contributed by atoms with E-state index in [0.717, 1.165) is 11.8 Å². The van der Waals surface area contributed by atoms with Crippen LogP contribution in [0.1, 0.15) is 12.8 Å². The van der Waals surface area contributed by atoms with Crippen LogP contribution in [0.3, 0.4) is 0 Å². The molecule has 0 saturated heterocycles. The number of hydrogen-bond donors (Lipinski definition) is 0. The third-order valence-electron chi connectivity index (χ3n) is 2.24. The summed E-state index contributed by atoms with van der Waals surface area (Å²) in [5, 5.41) is 0.966. The van der Waals surface area contributed by atoms with E-state index in [0.29, 0.717) is 17.0 Å². The van der Waals surface area contributed by atoms with Crippen molar-refractivity contribution in [2.24, 2.45) is 4.99 Å². The molecule has 5 heteroatoms. The zero-order chi connectivity index (χ0) is 11.5. The summed E-state index contributed by atoms with van der Waals surface area (Å²) >= 11 is 3.26. The number of halogens is 1. The van der Waals surface area contributed by atoms with Crippen molar-refractivity contribution < 1.29 is 9.00 Å². The first-order chi connectivity index (χ1) is 7.74. The van der Waals surface area contributed by atoms with Crippen molar-refractivity contribution in [2.45, 2.75) is 17.7 Å². The summed E-state index contributed by atoms with van der Waals surface area (Å²) < 4.78 is 11.9. The number of nitrogens with zero attached hydrogens (tertiary/aromatic N) is 1. The van der Waals surface area contributed by atoms with E-state index >= 15 is 0 Å². The molecule has 1 atom stereocenters. The highest BCUT2D eigenvalue weighted by atomic mass is 79.9. The van der Waals surface area contributed by atoms with E-state index in [4.69, 9.17) is 0 Å². The third-order valence-corrected chi connectivity index (χ3v) is 4.21. The van der Waals surface area contributed by atoms with Crippen LogP contribution < -0.4 is 0 Å². The Balaban J connectivity index is 2.22. The minimum atomic E-state index is -1.38. The van der Waals surface area contributed by atoms with Crippen LogP contribution >= 0.6 is 15.9 Å². The minimum absolute atomic E-state index is 0.117. The van der Waals surface area contributed by atoms with Gasteiger partial charge in [-0.3, -0.25) is 4.79 Å². The number of benzene rings is 1. The SMILES string of the molecule is O=C(CCCBr)C1=Nc2ccccc2S1=O. The number of aliphatic imine (C=N–C) groups is 1. The fourth-order valence-corrected chi connectivity index (χ4v) is 2.95. The van der Waals surface area contributed by atoms with E-state index < -0.39 is 10.8 Å². The molecule has 0 bridgehead atoms. The summed E-state index contributed by atoms with van der Waals surface area (Å²) in [6, 6.07) is 7.15. The van der Waals surface area contributed by atoms with E-state index in [-0.39, 0.29) is 10.8 Å². The number of alkyl halides is 1. The molecule has 2 rings (SSSR count). The Morgan fingerprint density at radius 3 is 2.81 bits per heavy atom. The van der Waals surface area contributed by atoms with Crippen molar-refractivity contribution in [1.82, 2.24) is 0 Å². The number of rotatable bonds is 4. The molecule has 0 saturated carbocycles. The average molecular weight is 300 g/mol. The summed E-state index contributed by atoms with van der Waals surface area (Å²) in [4.78, 5) is 16.5. The van der Waals surface area contributed by atoms with Crippen LogP contribution in [0, 0.1) is 0 Å². The average Bonchev–Trinajstić information content (AvgIpc) is 2.64. The summed E-state index contributed by atoms with van der Waals surface area (Å²) in [5.74, 6) is -0.117. The molecule has 0 fully saturated rings. The second-order valence-corrected chi connectivity index (χ2v) is 5.53. The van der Waals surface area contributed by atoms with Crippen molar-refractivity contribution in [3.05, 3.63) is 24.3 Å². The van der Waals surface area contributed by atoms with Crippen LogP contribution in [0.4, 0.5) is 5.69 Å². The molecule has 0 aromatic heterocycles. The fourth-order valence-electron chi connectivity index (χ4n) is 1.46. The minimum Gasteiger partial charge on any atom is -0.292 e. The van der Waals surface area contributed by atoms with Crippen LogP contribution in [0.15, 0.2) is 34.2 Å². The van der Waals surface area contributed by atoms with Gasteiger partial charge in [-0.2, -0.15) is 0 Å². The van der Waals surface area contributed by atoms with Gasteiger partial charge < -0.3 is 0 Å². The Morgan fingerprint density at radius 2 is 2.12 bits per heavy atom. The standard InChI is InChI=1S/C11H10BrNO2S/c12-7-3-5-9(14)11-13-8-4-1-2-6-10(8)16(11)15/h1-2,4,6H,3,5,7H2. The first-order valence-corrected chi connectivity index (χ1v) is 7.20. The van der Waals surface area contributed by atoms with Crippen molar-refractivity contribution in [3.63, 3.8) is 0 Å². The van der Waals surface area contributed by atoms with Crippen molar-refractivity contribution in [2.75, 3.05) is 5.33 Å². The second kappa shape index (κ2) is 5.01. The fraction of sp³-hybridized carbons (Fsp3) is 0.273. The number of Topliss-reactive ketones (excluding diaryl/α,β-unsaturated/α-hetero) is 1. The highest BCUT2D eigenvalue weighted by molar-refractivity contribution is 9.09. The van der Waals surface area contributed by atoms with Gasteiger partial charge >= 0.3 is 0 Å². The Hall–Kier alpha value is -0.810. The lowest BCUT2D eigenvalue weighted by Gasteiger charge is -1.97. The first-order valence-electron chi connectivity index (χ1n) is 4.92. The highest BCUT2D eigenvalue weighted by Gasteiger charge is 2.27. The van der Waals surface area contributed by atoms with E-state index in [1.807, 2.05) is 6.07 Å². The highest BCUT2D eigenvalue weighted by Crippen LogP contribution is 2.30. The molecule has 0 radical (unpaired) electrons. The van der Waals surface area contributed by atoms with Gasteiger partial charge in [0.05, 0.1) is 10.6 Å². The number of hydrogen-bond acceptors (Lipinski definition) is 3. The first kappa shape index (κ1) is 11.7. The van der Waals surface area contributed by atoms with Crippen LogP contribution in [0.25, 0.3) is 0 Å². The summed E-state index contributed by atoms with van der Waals surface area (Å²) in [6.45, 7) is 0. The van der Waals surface area contributed by atoms with Gasteiger partial charge in [0.25, 0.3) is 0 Å². The van der Waals surface area contributed by atoms with Gasteiger partial charge in [0, 0.05) is 11.8 Å². The molecule has 1 unspecified atom stereocenters. The van der Waals surface area contributed by atoms with E-state index in [1.165, 1.54) is 0 Å². The van der Waals surface area contributed by atoms with Gasteiger partial charge in [-0.25, -0.2) is 9.20 Å². The number of fused-ring (bicyclic) bond motifs is 1. The van der Waals surface area contributed by atoms with E-state index in [1.54, 1.807) is 18.2 Å². The van der Waals surface area contributed by atoms with Crippen LogP contribution in [0.5, 0.6) is 0 Å². The lowest BCUT2D eigenvalue weighted by atomic mass is 10.2. The smallest absolute Gasteiger partial charge is 0.190 e. The molecule has 0 N–H and O–H groups in total. The Bertz CT molecular complexity index is 485. The van der Waals surface area contributed by atoms with Gasteiger partial charge in [0.2, 0.25) is 0 Å². The summed E-state index contributed by atoms with van der Waals surface area (Å²) in [5.41, 5.74) is 0.656. The molecule has 0 amide bonds. The molecule has 1 aliphatic rings. The largest absolute Gasteiger partial charge is 0.292 e. The van der Waals surface area contributed by atoms with Gasteiger partial charge in [-0.1, -0.05) is 28.1 Å². The quantitative estimate of drug-likeness (QED) is 0.802. The van der Waals surface area contributed by atoms with Crippen molar-refractivity contribution >= 4 is 43.2 Å². The van der Waals surface area contributed by atoms with Gasteiger partial charge in [-0.15, -0.1) is 0 Å². The van der Waals surface area contributed by atoms with E-state index in [2.05, 4.69) is 20.9 Å². The predicted molar refractivity (Wildman–Crippen MR) is 68.0 cm³/mol. The molecule has 1 aromatic rings. The third kappa shape index (κ3) is 2.15. The molecule has 1 aromatic carbocycles. The lowest BCUT2D eigenvalue weighted by Crippen LogP contribution is -2.16. The maximum Gasteiger partial charge on any atom is 0.190 e. The van der Waals surface area contributed by atoms with Crippen LogP contribution in [0.2, 0.25) is 0 Å². The van der Waals surface area contributed by atoms with Crippen LogP contribution in [-0.2, 0) is 15.6 Å². The molecule has 84 valence electrons. The normalized spacial score (nSPS) is 18.1. The number of carbonyl (C=O) groups excluding carboxylic acids is 1. The van der Waals surface area contributed by atoms with Gasteiger partial charge in [-0.05, 0) is 18.6 Å². The number of ketones is 1. The van der Waals surface area contributed by atoms with Gasteiger partial charge in [0.15, 0.2) is 10.8 Å². The monoisotopic (exact) mass is 299 g/mol. The summed E-state index contributed by atoms with van der Waals surface area (Å²) in [6.07, 6.45) is 1.13. The summed E-state index contributed by atoms with van der Waals surface area (Å²) in [7, 11) is -1.38. The maximum atomic E-state index is 11.9. The van der Waals surface area contributed by atoms with E-state index in [9.17, 15) is 9.00 Å². The Kier molecular flexibility index (Phi) is 3.66. The predicted octanol–water partition coefficient (Wildman–Crippen LogP) is 2.58. The molecule has 1 aliphatic heterocycles.